The molecular weight excluding hydrogens is 318 g/mol. The highest BCUT2D eigenvalue weighted by molar-refractivity contribution is 7.91. The zero-order chi connectivity index (χ0) is 16.3. The molecule has 0 bridgehead atoms. The Labute approximate surface area is 127 Å². The van der Waals surface area contributed by atoms with E-state index in [4.69, 9.17) is 4.74 Å². The Morgan fingerprint density at radius 1 is 1.45 bits per heavy atom. The van der Waals surface area contributed by atoms with Crippen LogP contribution in [0.25, 0.3) is 0 Å². The first-order valence-corrected chi connectivity index (χ1v) is 8.15. The first kappa shape index (κ1) is 16.6. The minimum Gasteiger partial charge on any atom is -0.375 e. The summed E-state index contributed by atoms with van der Waals surface area (Å²) in [5, 5.41) is 2.51. The molecule has 22 heavy (non-hydrogen) atoms. The summed E-state index contributed by atoms with van der Waals surface area (Å²) in [5.41, 5.74) is 0.144. The number of rotatable bonds is 3. The van der Waals surface area contributed by atoms with Crippen molar-refractivity contribution >= 4 is 21.6 Å². The number of amides is 2. The molecule has 1 fully saturated rings. The molecule has 2 amide bonds. The van der Waals surface area contributed by atoms with Crippen molar-refractivity contribution in [3.63, 3.8) is 0 Å². The van der Waals surface area contributed by atoms with Gasteiger partial charge in [-0.1, -0.05) is 6.07 Å². The highest BCUT2D eigenvalue weighted by atomic mass is 32.2. The highest BCUT2D eigenvalue weighted by Gasteiger charge is 2.27. The second kappa shape index (κ2) is 6.57. The van der Waals surface area contributed by atoms with Crippen LogP contribution in [0, 0.1) is 0 Å². The summed E-state index contributed by atoms with van der Waals surface area (Å²) < 4.78 is 53.2. The average molecular weight is 334 g/mol. The molecule has 1 aliphatic heterocycles. The molecule has 1 atom stereocenters. The smallest absolute Gasteiger partial charge is 0.341 e. The van der Waals surface area contributed by atoms with Gasteiger partial charge >= 0.3 is 11.8 Å². The van der Waals surface area contributed by atoms with Gasteiger partial charge in [-0.3, -0.25) is 0 Å². The molecule has 0 saturated carbocycles. The average Bonchev–Trinajstić information content (AvgIpc) is 2.47. The van der Waals surface area contributed by atoms with Crippen LogP contribution < -0.4 is 5.32 Å². The Morgan fingerprint density at radius 2 is 2.18 bits per heavy atom. The number of carbonyl (C=O) groups is 1. The van der Waals surface area contributed by atoms with Gasteiger partial charge in [0.1, 0.15) is 0 Å². The number of alkyl halides is 2. The number of halogens is 2. The van der Waals surface area contributed by atoms with Crippen molar-refractivity contribution in [2.24, 2.45) is 0 Å². The molecule has 1 aliphatic rings. The van der Waals surface area contributed by atoms with Crippen LogP contribution in [0.1, 0.15) is 6.92 Å². The zero-order valence-corrected chi connectivity index (χ0v) is 12.6. The molecule has 1 aromatic rings. The Kier molecular flexibility index (Phi) is 4.97. The summed E-state index contributed by atoms with van der Waals surface area (Å²) >= 11 is 0. The van der Waals surface area contributed by atoms with Gasteiger partial charge in [-0.05, 0) is 25.1 Å². The number of nitrogens with one attached hydrogen (secondary N) is 1. The van der Waals surface area contributed by atoms with Crippen molar-refractivity contribution in [1.29, 1.82) is 0 Å². The molecule has 1 N–H and O–H groups in total. The van der Waals surface area contributed by atoms with Gasteiger partial charge in [-0.25, -0.2) is 13.2 Å². The van der Waals surface area contributed by atoms with Gasteiger partial charge < -0.3 is 15.0 Å². The van der Waals surface area contributed by atoms with Gasteiger partial charge in [-0.15, -0.1) is 0 Å². The summed E-state index contributed by atoms with van der Waals surface area (Å²) in [6, 6.07) is 4.39. The largest absolute Gasteiger partial charge is 0.375 e. The van der Waals surface area contributed by atoms with Crippen LogP contribution in [0.3, 0.4) is 0 Å². The lowest BCUT2D eigenvalue weighted by Crippen LogP contribution is -2.46. The summed E-state index contributed by atoms with van der Waals surface area (Å²) in [7, 11) is -4.69. The first-order chi connectivity index (χ1) is 10.3. The van der Waals surface area contributed by atoms with Gasteiger partial charge in [0.05, 0.1) is 17.6 Å². The van der Waals surface area contributed by atoms with Crippen molar-refractivity contribution < 1.29 is 26.7 Å². The molecule has 122 valence electrons. The van der Waals surface area contributed by atoms with Gasteiger partial charge in [0.15, 0.2) is 0 Å². The summed E-state index contributed by atoms with van der Waals surface area (Å²) in [6.45, 7) is 3.05. The predicted molar refractivity (Wildman–Crippen MR) is 75.6 cm³/mol. The second-order valence-electron chi connectivity index (χ2n) is 4.89. The topological polar surface area (TPSA) is 75.7 Å². The van der Waals surface area contributed by atoms with Crippen LogP contribution in [0.5, 0.6) is 0 Å². The van der Waals surface area contributed by atoms with E-state index in [1.807, 2.05) is 6.92 Å². The Hall–Kier alpha value is -1.74. The standard InChI is InChI=1S/C13H16F2N2O4S/c1-9-8-17(5-6-21-9)13(18)16-10-3-2-4-11(7-10)22(19,20)12(14)15/h2-4,7,9,12H,5-6,8H2,1H3,(H,16,18). The lowest BCUT2D eigenvalue weighted by Gasteiger charge is -2.31. The Morgan fingerprint density at radius 3 is 2.82 bits per heavy atom. The van der Waals surface area contributed by atoms with E-state index in [0.717, 1.165) is 12.1 Å². The molecule has 0 aromatic heterocycles. The monoisotopic (exact) mass is 334 g/mol. The van der Waals surface area contributed by atoms with Gasteiger partial charge in [0.2, 0.25) is 9.84 Å². The molecule has 1 aromatic carbocycles. The van der Waals surface area contributed by atoms with Gasteiger partial charge in [0.25, 0.3) is 0 Å². The Bertz CT molecular complexity index is 651. The number of anilines is 1. The number of sulfone groups is 1. The number of urea groups is 1. The molecule has 0 radical (unpaired) electrons. The minimum absolute atomic E-state index is 0.0926. The molecule has 1 heterocycles. The molecule has 1 saturated heterocycles. The molecule has 0 spiro atoms. The summed E-state index contributed by atoms with van der Waals surface area (Å²) in [6.07, 6.45) is -0.0926. The maximum Gasteiger partial charge on any atom is 0.341 e. The lowest BCUT2D eigenvalue weighted by atomic mass is 10.3. The van der Waals surface area contributed by atoms with Crippen LogP contribution in [0.15, 0.2) is 29.2 Å². The van der Waals surface area contributed by atoms with E-state index in [0.29, 0.717) is 19.7 Å². The van der Waals surface area contributed by atoms with E-state index in [1.165, 1.54) is 17.0 Å². The van der Waals surface area contributed by atoms with Crippen molar-refractivity contribution in [3.05, 3.63) is 24.3 Å². The molecule has 1 unspecified atom stereocenters. The van der Waals surface area contributed by atoms with Crippen molar-refractivity contribution in [2.45, 2.75) is 23.7 Å². The lowest BCUT2D eigenvalue weighted by molar-refractivity contribution is -0.00138. The fraction of sp³-hybridized carbons (Fsp3) is 0.462. The number of carbonyl (C=O) groups excluding carboxylic acids is 1. The third-order valence-electron chi connectivity index (χ3n) is 3.18. The van der Waals surface area contributed by atoms with Crippen molar-refractivity contribution in [3.8, 4) is 0 Å². The van der Waals surface area contributed by atoms with E-state index < -0.39 is 26.5 Å². The van der Waals surface area contributed by atoms with Crippen molar-refractivity contribution in [2.75, 3.05) is 25.0 Å². The fourth-order valence-electron chi connectivity index (χ4n) is 2.06. The van der Waals surface area contributed by atoms with Crippen LogP contribution in [-0.4, -0.2) is 50.9 Å². The number of nitrogens with zero attached hydrogens (tertiary/aromatic N) is 1. The number of hydrogen-bond acceptors (Lipinski definition) is 4. The highest BCUT2D eigenvalue weighted by Crippen LogP contribution is 2.21. The maximum absolute atomic E-state index is 12.5. The predicted octanol–water partition coefficient (Wildman–Crippen LogP) is 1.94. The van der Waals surface area contributed by atoms with E-state index in [-0.39, 0.29) is 11.8 Å². The third kappa shape index (κ3) is 3.72. The maximum atomic E-state index is 12.5. The van der Waals surface area contributed by atoms with Gasteiger partial charge in [-0.2, -0.15) is 8.78 Å². The van der Waals surface area contributed by atoms with Crippen LogP contribution >= 0.6 is 0 Å². The fourth-order valence-corrected chi connectivity index (χ4v) is 2.82. The van der Waals surface area contributed by atoms with E-state index in [9.17, 15) is 22.0 Å². The SMILES string of the molecule is CC1CN(C(=O)Nc2cccc(S(=O)(=O)C(F)F)c2)CCO1. The Balaban J connectivity index is 2.12. The van der Waals surface area contributed by atoms with Crippen molar-refractivity contribution in [1.82, 2.24) is 4.90 Å². The molecule has 9 heteroatoms. The summed E-state index contributed by atoms with van der Waals surface area (Å²) in [5.74, 6) is -3.50. The zero-order valence-electron chi connectivity index (χ0n) is 11.8. The van der Waals surface area contributed by atoms with Crippen LogP contribution in [0.4, 0.5) is 19.3 Å². The number of benzene rings is 1. The van der Waals surface area contributed by atoms with Gasteiger partial charge in [0, 0.05) is 18.8 Å². The summed E-state index contributed by atoms with van der Waals surface area (Å²) in [4.78, 5) is 13.1. The first-order valence-electron chi connectivity index (χ1n) is 6.60. The van der Waals surface area contributed by atoms with E-state index in [1.54, 1.807) is 0 Å². The number of hydrogen-bond donors (Lipinski definition) is 1. The normalized spacial score (nSPS) is 19.3. The molecule has 0 aliphatic carbocycles. The quantitative estimate of drug-likeness (QED) is 0.916. The molecular formula is C13H16F2N2O4S. The molecule has 6 nitrogen and oxygen atoms in total. The second-order valence-corrected chi connectivity index (χ2v) is 6.81. The van der Waals surface area contributed by atoms with E-state index >= 15 is 0 Å². The third-order valence-corrected chi connectivity index (χ3v) is 4.56. The molecule has 2 rings (SSSR count). The number of ether oxygens (including phenoxy) is 1. The van der Waals surface area contributed by atoms with Crippen LogP contribution in [0.2, 0.25) is 0 Å². The van der Waals surface area contributed by atoms with Crippen LogP contribution in [-0.2, 0) is 14.6 Å². The minimum atomic E-state index is -4.69. The number of morpholine rings is 1. The van der Waals surface area contributed by atoms with E-state index in [2.05, 4.69) is 5.32 Å².